The molecular formula is C32H41N7O. The molecule has 2 aromatic carbocycles. The number of likely N-dealkylation sites (N-methyl/N-ethyl adjacent to an activating group) is 1. The maximum absolute atomic E-state index is 13.6. The molecule has 4 aromatic rings. The van der Waals surface area contributed by atoms with Gasteiger partial charge in [-0.1, -0.05) is 6.07 Å². The van der Waals surface area contributed by atoms with Crippen molar-refractivity contribution < 1.29 is 4.79 Å². The van der Waals surface area contributed by atoms with E-state index in [4.69, 9.17) is 5.10 Å². The molecule has 0 saturated carbocycles. The third-order valence-electron chi connectivity index (χ3n) is 7.95. The fraction of sp³-hybridized carbons (Fsp3) is 0.406. The zero-order valence-electron chi connectivity index (χ0n) is 24.7. The number of hydrogen-bond donors (Lipinski definition) is 1. The zero-order chi connectivity index (χ0) is 28.6. The molecule has 0 aliphatic carbocycles. The summed E-state index contributed by atoms with van der Waals surface area (Å²) >= 11 is 0. The zero-order valence-corrected chi connectivity index (χ0v) is 24.7. The van der Waals surface area contributed by atoms with Crippen molar-refractivity contribution in [1.29, 1.82) is 0 Å². The molecule has 8 heteroatoms. The summed E-state index contributed by atoms with van der Waals surface area (Å²) < 4.78 is 3.89. The van der Waals surface area contributed by atoms with Crippen LogP contribution in [0, 0.1) is 6.92 Å². The van der Waals surface area contributed by atoms with Gasteiger partial charge in [-0.3, -0.25) is 14.2 Å². The lowest BCUT2D eigenvalue weighted by molar-refractivity contribution is 0.0939. The van der Waals surface area contributed by atoms with Crippen LogP contribution in [0.1, 0.15) is 61.3 Å². The molecule has 1 atom stereocenters. The Bertz CT molecular complexity index is 1490. The fourth-order valence-corrected chi connectivity index (χ4v) is 5.08. The van der Waals surface area contributed by atoms with Crippen molar-refractivity contribution in [1.82, 2.24) is 29.8 Å². The van der Waals surface area contributed by atoms with Gasteiger partial charge in [-0.25, -0.2) is 0 Å². The van der Waals surface area contributed by atoms with Crippen LogP contribution in [0.15, 0.2) is 61.1 Å². The average molecular weight is 540 g/mol. The summed E-state index contributed by atoms with van der Waals surface area (Å²) in [5.74, 6) is -0.0635. The van der Waals surface area contributed by atoms with Gasteiger partial charge in [0.15, 0.2) is 0 Å². The molecule has 8 nitrogen and oxygen atoms in total. The second kappa shape index (κ2) is 11.3. The van der Waals surface area contributed by atoms with E-state index in [1.54, 1.807) is 0 Å². The summed E-state index contributed by atoms with van der Waals surface area (Å²) in [6.07, 6.45) is 5.98. The SMILES string of the molecule is CCn1ccc(-c2cc(-c3cnn(C(C)C)c3)cc([C@@H](C)NC(=O)c3cc(N4CC(N(C)C)C4)ccc3C)c2)n1. The molecule has 1 aliphatic rings. The second-order valence-electron chi connectivity index (χ2n) is 11.4. The Labute approximate surface area is 237 Å². The molecule has 0 spiro atoms. The van der Waals surface area contributed by atoms with E-state index in [-0.39, 0.29) is 18.0 Å². The predicted octanol–water partition coefficient (Wildman–Crippen LogP) is 5.56. The number of anilines is 1. The van der Waals surface area contributed by atoms with E-state index in [2.05, 4.69) is 85.5 Å². The van der Waals surface area contributed by atoms with Gasteiger partial charge in [0.1, 0.15) is 0 Å². The third kappa shape index (κ3) is 5.68. The minimum absolute atomic E-state index is 0.0635. The summed E-state index contributed by atoms with van der Waals surface area (Å²) in [7, 11) is 4.23. The minimum atomic E-state index is -0.204. The molecular weight excluding hydrogens is 498 g/mol. The van der Waals surface area contributed by atoms with Crippen molar-refractivity contribution in [2.24, 2.45) is 0 Å². The molecule has 1 saturated heterocycles. The average Bonchev–Trinajstić information content (AvgIpc) is 3.59. The number of aromatic nitrogens is 4. The quantitative estimate of drug-likeness (QED) is 0.301. The number of amides is 1. The summed E-state index contributed by atoms with van der Waals surface area (Å²) in [5.41, 5.74) is 7.83. The van der Waals surface area contributed by atoms with Gasteiger partial charge in [0, 0.05) is 66.5 Å². The Morgan fingerprint density at radius 1 is 1.05 bits per heavy atom. The van der Waals surface area contributed by atoms with Gasteiger partial charge in [-0.05, 0) is 102 Å². The topological polar surface area (TPSA) is 71.2 Å². The predicted molar refractivity (Wildman–Crippen MR) is 162 cm³/mol. The summed E-state index contributed by atoms with van der Waals surface area (Å²) in [5, 5.41) is 12.6. The van der Waals surface area contributed by atoms with Crippen LogP contribution in [-0.2, 0) is 6.54 Å². The van der Waals surface area contributed by atoms with Gasteiger partial charge in [0.05, 0.1) is 17.9 Å². The van der Waals surface area contributed by atoms with Crippen LogP contribution in [0.3, 0.4) is 0 Å². The van der Waals surface area contributed by atoms with Crippen molar-refractivity contribution in [3.05, 3.63) is 77.7 Å². The lowest BCUT2D eigenvalue weighted by atomic mass is 9.96. The van der Waals surface area contributed by atoms with Gasteiger partial charge >= 0.3 is 0 Å². The number of hydrogen-bond acceptors (Lipinski definition) is 5. The number of nitrogens with one attached hydrogen (secondary N) is 1. The number of aryl methyl sites for hydroxylation is 2. The van der Waals surface area contributed by atoms with Gasteiger partial charge in [0.2, 0.25) is 0 Å². The van der Waals surface area contributed by atoms with Gasteiger partial charge in [-0.15, -0.1) is 0 Å². The standard InChI is InChI=1S/C32H41N7O/c1-8-38-12-11-31(35-38)26-14-24(13-25(15-26)27-17-33-39(18-27)21(2)3)23(5)34-32(40)30-16-28(10-9-22(30)4)37-19-29(20-37)36(6)7/h9-18,21,23,29H,8,19-20H2,1-7H3,(H,34,40)/t23-/m1/s1. The van der Waals surface area contributed by atoms with Crippen molar-refractivity contribution >= 4 is 11.6 Å². The van der Waals surface area contributed by atoms with Crippen LogP contribution in [0.4, 0.5) is 5.69 Å². The highest BCUT2D eigenvalue weighted by Gasteiger charge is 2.29. The molecule has 0 radical (unpaired) electrons. The highest BCUT2D eigenvalue weighted by atomic mass is 16.1. The minimum Gasteiger partial charge on any atom is -0.368 e. The Hall–Kier alpha value is -3.91. The van der Waals surface area contributed by atoms with E-state index in [0.717, 1.165) is 58.8 Å². The first-order valence-electron chi connectivity index (χ1n) is 14.2. The summed E-state index contributed by atoms with van der Waals surface area (Å²) in [6, 6.07) is 15.3. The Morgan fingerprint density at radius 2 is 1.80 bits per heavy atom. The van der Waals surface area contributed by atoms with Crippen molar-refractivity contribution in [2.75, 3.05) is 32.1 Å². The molecule has 0 unspecified atom stereocenters. The molecule has 1 fully saturated rings. The lowest BCUT2D eigenvalue weighted by Crippen LogP contribution is -2.57. The Morgan fingerprint density at radius 3 is 2.45 bits per heavy atom. The second-order valence-corrected chi connectivity index (χ2v) is 11.4. The van der Waals surface area contributed by atoms with Crippen LogP contribution in [0.25, 0.3) is 22.4 Å². The first kappa shape index (κ1) is 27.6. The van der Waals surface area contributed by atoms with Crippen molar-refractivity contribution in [2.45, 2.75) is 59.3 Å². The molecule has 3 heterocycles. The highest BCUT2D eigenvalue weighted by molar-refractivity contribution is 5.97. The first-order valence-corrected chi connectivity index (χ1v) is 14.2. The van der Waals surface area contributed by atoms with E-state index in [1.165, 1.54) is 0 Å². The van der Waals surface area contributed by atoms with Crippen molar-refractivity contribution in [3.63, 3.8) is 0 Å². The molecule has 0 bridgehead atoms. The van der Waals surface area contributed by atoms with E-state index in [9.17, 15) is 4.79 Å². The number of benzene rings is 2. The van der Waals surface area contributed by atoms with E-state index in [1.807, 2.05) is 53.8 Å². The van der Waals surface area contributed by atoms with Crippen LogP contribution >= 0.6 is 0 Å². The molecule has 210 valence electrons. The first-order chi connectivity index (χ1) is 19.1. The smallest absolute Gasteiger partial charge is 0.252 e. The van der Waals surface area contributed by atoms with Crippen LogP contribution < -0.4 is 10.2 Å². The van der Waals surface area contributed by atoms with Crippen LogP contribution in [0.2, 0.25) is 0 Å². The van der Waals surface area contributed by atoms with Crippen molar-refractivity contribution in [3.8, 4) is 22.4 Å². The number of rotatable bonds is 9. The molecule has 1 aliphatic heterocycles. The van der Waals surface area contributed by atoms with E-state index < -0.39 is 0 Å². The molecule has 1 N–H and O–H groups in total. The summed E-state index contributed by atoms with van der Waals surface area (Å²) in [6.45, 7) is 13.1. The molecule has 2 aromatic heterocycles. The lowest BCUT2D eigenvalue weighted by Gasteiger charge is -2.44. The highest BCUT2D eigenvalue weighted by Crippen LogP contribution is 2.31. The Balaban J connectivity index is 1.42. The van der Waals surface area contributed by atoms with E-state index >= 15 is 0 Å². The number of carbonyl (C=O) groups excluding carboxylic acids is 1. The van der Waals surface area contributed by atoms with Crippen LogP contribution in [0.5, 0.6) is 0 Å². The van der Waals surface area contributed by atoms with Gasteiger partial charge < -0.3 is 15.1 Å². The largest absolute Gasteiger partial charge is 0.368 e. The normalized spacial score (nSPS) is 14.6. The van der Waals surface area contributed by atoms with E-state index in [0.29, 0.717) is 11.6 Å². The van der Waals surface area contributed by atoms with Gasteiger partial charge in [0.25, 0.3) is 5.91 Å². The third-order valence-corrected chi connectivity index (χ3v) is 7.95. The molecule has 1 amide bonds. The molecule has 40 heavy (non-hydrogen) atoms. The fourth-order valence-electron chi connectivity index (χ4n) is 5.08. The Kier molecular flexibility index (Phi) is 7.81. The molecule has 5 rings (SSSR count). The number of nitrogens with zero attached hydrogens (tertiary/aromatic N) is 6. The number of carbonyl (C=O) groups is 1. The maximum Gasteiger partial charge on any atom is 0.252 e. The van der Waals surface area contributed by atoms with Crippen LogP contribution in [-0.4, -0.2) is 63.6 Å². The monoisotopic (exact) mass is 539 g/mol. The van der Waals surface area contributed by atoms with Gasteiger partial charge in [-0.2, -0.15) is 10.2 Å². The summed E-state index contributed by atoms with van der Waals surface area (Å²) in [4.78, 5) is 18.1. The maximum atomic E-state index is 13.6.